The third-order valence-corrected chi connectivity index (χ3v) is 4.17. The van der Waals surface area contributed by atoms with E-state index in [1.165, 1.54) is 0 Å². The molecule has 3 unspecified atom stereocenters. The van der Waals surface area contributed by atoms with Gasteiger partial charge >= 0.3 is 0 Å². The predicted molar refractivity (Wildman–Crippen MR) is 81.8 cm³/mol. The molecule has 1 amide bonds. The zero-order chi connectivity index (χ0) is 15.2. The minimum absolute atomic E-state index is 0.0351. The van der Waals surface area contributed by atoms with Crippen molar-refractivity contribution in [3.63, 3.8) is 0 Å². The molecule has 1 aromatic rings. The van der Waals surface area contributed by atoms with Crippen LogP contribution in [0.1, 0.15) is 31.9 Å². The summed E-state index contributed by atoms with van der Waals surface area (Å²) >= 11 is 0. The molecule has 1 aliphatic rings. The van der Waals surface area contributed by atoms with E-state index in [0.717, 1.165) is 18.5 Å². The Hall–Kier alpha value is -1.46. The van der Waals surface area contributed by atoms with Crippen molar-refractivity contribution in [3.8, 4) is 0 Å². The molecule has 0 aliphatic carbocycles. The number of nitrogens with zero attached hydrogens (tertiary/aromatic N) is 2. The maximum Gasteiger partial charge on any atom is 0.229 e. The van der Waals surface area contributed by atoms with Crippen molar-refractivity contribution in [2.45, 2.75) is 32.4 Å². The van der Waals surface area contributed by atoms with Crippen molar-refractivity contribution in [3.05, 3.63) is 30.1 Å². The maximum atomic E-state index is 12.7. The first-order chi connectivity index (χ1) is 10.1. The van der Waals surface area contributed by atoms with E-state index in [-0.39, 0.29) is 23.9 Å². The first-order valence-corrected chi connectivity index (χ1v) is 7.62. The normalized spacial score (nSPS) is 23.0. The second-order valence-corrected chi connectivity index (χ2v) is 5.61. The number of nitrogens with one attached hydrogen (secondary N) is 1. The SMILES string of the molecule is CCCNC1COCC1C(=O)N(C)C(C)c1ccncc1. The Balaban J connectivity index is 2.01. The number of pyridine rings is 1. The zero-order valence-electron chi connectivity index (χ0n) is 13.1. The lowest BCUT2D eigenvalue weighted by atomic mass is 10.00. The van der Waals surface area contributed by atoms with Crippen molar-refractivity contribution in [2.24, 2.45) is 5.92 Å². The highest BCUT2D eigenvalue weighted by molar-refractivity contribution is 5.80. The molecule has 2 rings (SSSR count). The van der Waals surface area contributed by atoms with Gasteiger partial charge in [0.05, 0.1) is 25.2 Å². The van der Waals surface area contributed by atoms with Gasteiger partial charge in [-0.15, -0.1) is 0 Å². The van der Waals surface area contributed by atoms with E-state index in [2.05, 4.69) is 17.2 Å². The van der Waals surface area contributed by atoms with Crippen molar-refractivity contribution in [1.82, 2.24) is 15.2 Å². The van der Waals surface area contributed by atoms with Crippen LogP contribution in [0.2, 0.25) is 0 Å². The molecule has 0 saturated carbocycles. The fraction of sp³-hybridized carbons (Fsp3) is 0.625. The standard InChI is InChI=1S/C16H25N3O2/c1-4-7-18-15-11-21-10-14(15)16(20)19(3)12(2)13-5-8-17-9-6-13/h5-6,8-9,12,14-15,18H,4,7,10-11H2,1-3H3. The minimum Gasteiger partial charge on any atom is -0.379 e. The van der Waals surface area contributed by atoms with E-state index >= 15 is 0 Å². The Morgan fingerprint density at radius 1 is 1.48 bits per heavy atom. The molecule has 0 spiro atoms. The van der Waals surface area contributed by atoms with Crippen LogP contribution in [0.3, 0.4) is 0 Å². The third-order valence-electron chi connectivity index (χ3n) is 4.17. The van der Waals surface area contributed by atoms with Gasteiger partial charge in [0.2, 0.25) is 5.91 Å². The average molecular weight is 291 g/mol. The number of rotatable bonds is 6. The van der Waals surface area contributed by atoms with Crippen molar-refractivity contribution in [1.29, 1.82) is 0 Å². The van der Waals surface area contributed by atoms with Gasteiger partial charge in [-0.3, -0.25) is 9.78 Å². The van der Waals surface area contributed by atoms with Crippen LogP contribution in [-0.4, -0.2) is 48.6 Å². The lowest BCUT2D eigenvalue weighted by molar-refractivity contribution is -0.136. The van der Waals surface area contributed by atoms with E-state index in [9.17, 15) is 4.79 Å². The summed E-state index contributed by atoms with van der Waals surface area (Å²) in [6.07, 6.45) is 4.57. The molecule has 0 radical (unpaired) electrons. The number of carbonyl (C=O) groups excluding carboxylic acids is 1. The molecule has 2 heterocycles. The van der Waals surface area contributed by atoms with Crippen LogP contribution in [0.15, 0.2) is 24.5 Å². The van der Waals surface area contributed by atoms with Crippen molar-refractivity contribution < 1.29 is 9.53 Å². The minimum atomic E-state index is -0.0918. The highest BCUT2D eigenvalue weighted by atomic mass is 16.5. The second kappa shape index (κ2) is 7.52. The van der Waals surface area contributed by atoms with Crippen LogP contribution in [-0.2, 0) is 9.53 Å². The van der Waals surface area contributed by atoms with Crippen LogP contribution in [0.4, 0.5) is 0 Å². The summed E-state index contributed by atoms with van der Waals surface area (Å²) in [6.45, 7) is 6.21. The highest BCUT2D eigenvalue weighted by Crippen LogP contribution is 2.23. The zero-order valence-corrected chi connectivity index (χ0v) is 13.1. The molecule has 1 N–H and O–H groups in total. The first-order valence-electron chi connectivity index (χ1n) is 7.62. The summed E-state index contributed by atoms with van der Waals surface area (Å²) in [5, 5.41) is 3.41. The molecule has 0 bridgehead atoms. The van der Waals surface area contributed by atoms with Crippen molar-refractivity contribution >= 4 is 5.91 Å². The number of aromatic nitrogens is 1. The summed E-state index contributed by atoms with van der Waals surface area (Å²) in [7, 11) is 1.86. The number of hydrogen-bond acceptors (Lipinski definition) is 4. The largest absolute Gasteiger partial charge is 0.379 e. The Labute approximate surface area is 126 Å². The predicted octanol–water partition coefficient (Wildman–Crippen LogP) is 1.62. The Morgan fingerprint density at radius 2 is 2.19 bits per heavy atom. The quantitative estimate of drug-likeness (QED) is 0.865. The van der Waals surface area contributed by atoms with E-state index in [4.69, 9.17) is 4.74 Å². The molecule has 3 atom stereocenters. The monoisotopic (exact) mass is 291 g/mol. The van der Waals surface area contributed by atoms with Crippen LogP contribution < -0.4 is 5.32 Å². The number of hydrogen-bond donors (Lipinski definition) is 1. The van der Waals surface area contributed by atoms with E-state index in [1.807, 2.05) is 31.0 Å². The Bertz CT molecular complexity index is 452. The van der Waals surface area contributed by atoms with Crippen LogP contribution in [0.5, 0.6) is 0 Å². The number of ether oxygens (including phenoxy) is 1. The van der Waals surface area contributed by atoms with Crippen molar-refractivity contribution in [2.75, 3.05) is 26.8 Å². The molecule has 1 fully saturated rings. The molecule has 5 nitrogen and oxygen atoms in total. The summed E-state index contributed by atoms with van der Waals surface area (Å²) in [5.41, 5.74) is 1.10. The fourth-order valence-electron chi connectivity index (χ4n) is 2.65. The number of carbonyl (C=O) groups is 1. The lowest BCUT2D eigenvalue weighted by Crippen LogP contribution is -2.45. The molecule has 0 aromatic carbocycles. The average Bonchev–Trinajstić information content (AvgIpc) is 3.00. The van der Waals surface area contributed by atoms with Gasteiger partial charge in [-0.05, 0) is 37.6 Å². The lowest BCUT2D eigenvalue weighted by Gasteiger charge is -2.29. The van der Waals surface area contributed by atoms with Crippen LogP contribution >= 0.6 is 0 Å². The van der Waals surface area contributed by atoms with Gasteiger partial charge in [0.15, 0.2) is 0 Å². The summed E-state index contributed by atoms with van der Waals surface area (Å²) in [5.74, 6) is 0.0521. The van der Waals surface area contributed by atoms with Gasteiger partial charge in [0.1, 0.15) is 0 Å². The summed E-state index contributed by atoms with van der Waals surface area (Å²) in [6, 6.07) is 4.07. The van der Waals surface area contributed by atoms with Gasteiger partial charge in [-0.25, -0.2) is 0 Å². The third kappa shape index (κ3) is 3.80. The first kappa shape index (κ1) is 15.9. The topological polar surface area (TPSA) is 54.5 Å². The van der Waals surface area contributed by atoms with Crippen LogP contribution in [0, 0.1) is 5.92 Å². The van der Waals surface area contributed by atoms with Gasteiger partial charge in [-0.1, -0.05) is 6.92 Å². The molecule has 21 heavy (non-hydrogen) atoms. The summed E-state index contributed by atoms with van der Waals surface area (Å²) in [4.78, 5) is 18.6. The molecule has 1 saturated heterocycles. The van der Waals surface area contributed by atoms with E-state index in [1.54, 1.807) is 12.4 Å². The van der Waals surface area contributed by atoms with Gasteiger partial charge < -0.3 is 15.0 Å². The molecule has 116 valence electrons. The molecular formula is C16H25N3O2. The second-order valence-electron chi connectivity index (χ2n) is 5.61. The molecule has 5 heteroatoms. The maximum absolute atomic E-state index is 12.7. The molecule has 1 aliphatic heterocycles. The smallest absolute Gasteiger partial charge is 0.229 e. The molecular weight excluding hydrogens is 266 g/mol. The number of amides is 1. The molecule has 1 aromatic heterocycles. The summed E-state index contributed by atoms with van der Waals surface area (Å²) < 4.78 is 5.50. The van der Waals surface area contributed by atoms with Gasteiger partial charge in [0.25, 0.3) is 0 Å². The van der Waals surface area contributed by atoms with E-state index < -0.39 is 0 Å². The van der Waals surface area contributed by atoms with Crippen LogP contribution in [0.25, 0.3) is 0 Å². The highest BCUT2D eigenvalue weighted by Gasteiger charge is 2.36. The van der Waals surface area contributed by atoms with Gasteiger partial charge in [-0.2, -0.15) is 0 Å². The Morgan fingerprint density at radius 3 is 2.86 bits per heavy atom. The van der Waals surface area contributed by atoms with Gasteiger partial charge in [0, 0.05) is 25.5 Å². The Kier molecular flexibility index (Phi) is 5.70. The fourth-order valence-corrected chi connectivity index (χ4v) is 2.65. The van der Waals surface area contributed by atoms with E-state index in [0.29, 0.717) is 13.2 Å².